The van der Waals surface area contributed by atoms with E-state index in [0.717, 1.165) is 5.56 Å². The first-order valence-electron chi connectivity index (χ1n) is 8.80. The number of hydrogen-bond acceptors (Lipinski definition) is 4. The molecule has 0 aromatic heterocycles. The smallest absolute Gasteiger partial charge is 0.243 e. The average Bonchev–Trinajstić information content (AvgIpc) is 2.67. The van der Waals surface area contributed by atoms with Crippen molar-refractivity contribution in [3.63, 3.8) is 0 Å². The van der Waals surface area contributed by atoms with Crippen molar-refractivity contribution in [3.8, 4) is 11.5 Å². The van der Waals surface area contributed by atoms with Crippen LogP contribution in [-0.4, -0.2) is 32.6 Å². The van der Waals surface area contributed by atoms with Crippen LogP contribution >= 0.6 is 0 Å². The van der Waals surface area contributed by atoms with Crippen molar-refractivity contribution >= 4 is 17.5 Å². The van der Waals surface area contributed by atoms with Crippen LogP contribution in [0, 0.1) is 5.92 Å². The lowest BCUT2D eigenvalue weighted by Gasteiger charge is -2.22. The maximum absolute atomic E-state index is 12.7. The number of hydrogen-bond donors (Lipinski definition) is 2. The van der Waals surface area contributed by atoms with Crippen molar-refractivity contribution in [1.29, 1.82) is 0 Å². The van der Waals surface area contributed by atoms with Crippen LogP contribution in [0.25, 0.3) is 0 Å². The fraction of sp³-hybridized carbons (Fsp3) is 0.333. The van der Waals surface area contributed by atoms with E-state index in [2.05, 4.69) is 10.6 Å². The summed E-state index contributed by atoms with van der Waals surface area (Å²) in [6.07, 6.45) is 0. The van der Waals surface area contributed by atoms with Crippen molar-refractivity contribution in [1.82, 2.24) is 5.32 Å². The number of methoxy groups -OCH3 is 2. The van der Waals surface area contributed by atoms with E-state index in [0.29, 0.717) is 17.2 Å². The number of benzene rings is 2. The Balaban J connectivity index is 2.05. The average molecular weight is 370 g/mol. The summed E-state index contributed by atoms with van der Waals surface area (Å²) in [5.74, 6) is 0.320. The number of amides is 2. The molecule has 0 aliphatic heterocycles. The molecule has 0 fully saturated rings. The Morgan fingerprint density at radius 2 is 1.63 bits per heavy atom. The van der Waals surface area contributed by atoms with Crippen LogP contribution in [0.2, 0.25) is 0 Å². The van der Waals surface area contributed by atoms with Gasteiger partial charge in [-0.2, -0.15) is 0 Å². The van der Waals surface area contributed by atoms with Gasteiger partial charge >= 0.3 is 0 Å². The summed E-state index contributed by atoms with van der Waals surface area (Å²) in [5.41, 5.74) is 1.50. The van der Waals surface area contributed by atoms with Crippen molar-refractivity contribution < 1.29 is 19.1 Å². The zero-order chi connectivity index (χ0) is 19.8. The van der Waals surface area contributed by atoms with Gasteiger partial charge in [-0.1, -0.05) is 38.1 Å². The highest BCUT2D eigenvalue weighted by Gasteiger charge is 2.25. The van der Waals surface area contributed by atoms with Gasteiger partial charge in [-0.3, -0.25) is 9.59 Å². The lowest BCUT2D eigenvalue weighted by atomic mass is 9.87. The van der Waals surface area contributed by atoms with Crippen LogP contribution in [0.1, 0.15) is 25.3 Å². The van der Waals surface area contributed by atoms with Gasteiger partial charge < -0.3 is 20.1 Å². The van der Waals surface area contributed by atoms with Crippen molar-refractivity contribution in [3.05, 3.63) is 54.1 Å². The summed E-state index contributed by atoms with van der Waals surface area (Å²) in [5, 5.41) is 5.47. The number of rotatable bonds is 8. The number of ether oxygens (including phenoxy) is 2. The van der Waals surface area contributed by atoms with Gasteiger partial charge in [0.2, 0.25) is 11.8 Å². The van der Waals surface area contributed by atoms with Gasteiger partial charge in [0.25, 0.3) is 0 Å². The molecule has 2 amide bonds. The van der Waals surface area contributed by atoms with Crippen LogP contribution in [0.15, 0.2) is 48.5 Å². The van der Waals surface area contributed by atoms with E-state index in [9.17, 15) is 9.59 Å². The Morgan fingerprint density at radius 3 is 2.22 bits per heavy atom. The summed E-state index contributed by atoms with van der Waals surface area (Å²) in [6.45, 7) is 3.83. The van der Waals surface area contributed by atoms with E-state index in [1.54, 1.807) is 38.5 Å². The summed E-state index contributed by atoms with van der Waals surface area (Å²) in [4.78, 5) is 24.8. The SMILES string of the molecule is COc1ccc(C(C(=O)NCC(=O)Nc2ccccc2)C(C)C)cc1OC. The molecule has 0 saturated carbocycles. The van der Waals surface area contributed by atoms with Crippen LogP contribution in [0.3, 0.4) is 0 Å². The fourth-order valence-electron chi connectivity index (χ4n) is 2.89. The van der Waals surface area contributed by atoms with Gasteiger partial charge in [0.05, 0.1) is 26.7 Å². The highest BCUT2D eigenvalue weighted by molar-refractivity contribution is 5.95. The standard InChI is InChI=1S/C21H26N2O4/c1-14(2)20(15-10-11-17(26-3)18(12-15)27-4)21(25)22-13-19(24)23-16-8-6-5-7-9-16/h5-12,14,20H,13H2,1-4H3,(H,22,25)(H,23,24). The Morgan fingerprint density at radius 1 is 0.963 bits per heavy atom. The molecule has 0 spiro atoms. The number of para-hydroxylation sites is 1. The van der Waals surface area contributed by atoms with Crippen molar-refractivity contribution in [2.45, 2.75) is 19.8 Å². The van der Waals surface area contributed by atoms with Gasteiger partial charge in [0, 0.05) is 5.69 Å². The van der Waals surface area contributed by atoms with E-state index in [4.69, 9.17) is 9.47 Å². The van der Waals surface area contributed by atoms with E-state index in [-0.39, 0.29) is 24.3 Å². The second-order valence-electron chi connectivity index (χ2n) is 6.47. The van der Waals surface area contributed by atoms with Crippen molar-refractivity contribution in [2.24, 2.45) is 5.92 Å². The molecule has 27 heavy (non-hydrogen) atoms. The van der Waals surface area contributed by atoms with E-state index >= 15 is 0 Å². The third-order valence-corrected chi connectivity index (χ3v) is 4.20. The molecule has 0 heterocycles. The maximum atomic E-state index is 12.7. The summed E-state index contributed by atoms with van der Waals surface area (Å²) < 4.78 is 10.6. The third-order valence-electron chi connectivity index (χ3n) is 4.20. The molecule has 2 aromatic carbocycles. The molecule has 144 valence electrons. The molecule has 1 unspecified atom stereocenters. The summed E-state index contributed by atoms with van der Waals surface area (Å²) >= 11 is 0. The molecular formula is C21H26N2O4. The molecule has 0 bridgehead atoms. The van der Waals surface area contributed by atoms with Gasteiger partial charge in [-0.15, -0.1) is 0 Å². The zero-order valence-electron chi connectivity index (χ0n) is 16.1. The second kappa shape index (κ2) is 9.62. The van der Waals surface area contributed by atoms with Crippen LogP contribution in [-0.2, 0) is 9.59 Å². The van der Waals surface area contributed by atoms with Gasteiger partial charge in [0.15, 0.2) is 11.5 Å². The lowest BCUT2D eigenvalue weighted by Crippen LogP contribution is -2.37. The first-order chi connectivity index (χ1) is 13.0. The molecule has 6 heteroatoms. The van der Waals surface area contributed by atoms with E-state index in [1.807, 2.05) is 38.1 Å². The largest absolute Gasteiger partial charge is 0.493 e. The Bertz CT molecular complexity index is 775. The molecule has 0 saturated heterocycles. The summed E-state index contributed by atoms with van der Waals surface area (Å²) in [7, 11) is 3.12. The molecule has 2 aromatic rings. The zero-order valence-corrected chi connectivity index (χ0v) is 16.1. The van der Waals surface area contributed by atoms with E-state index in [1.165, 1.54) is 0 Å². The van der Waals surface area contributed by atoms with E-state index < -0.39 is 5.92 Å². The quantitative estimate of drug-likeness (QED) is 0.748. The first-order valence-corrected chi connectivity index (χ1v) is 8.80. The monoisotopic (exact) mass is 370 g/mol. The molecule has 6 nitrogen and oxygen atoms in total. The summed E-state index contributed by atoms with van der Waals surface area (Å²) in [6, 6.07) is 14.5. The fourth-order valence-corrected chi connectivity index (χ4v) is 2.89. The normalized spacial score (nSPS) is 11.6. The minimum Gasteiger partial charge on any atom is -0.493 e. The van der Waals surface area contributed by atoms with Crippen molar-refractivity contribution in [2.75, 3.05) is 26.1 Å². The number of carbonyl (C=O) groups is 2. The van der Waals surface area contributed by atoms with Crippen LogP contribution < -0.4 is 20.1 Å². The molecule has 0 radical (unpaired) electrons. The first kappa shape index (κ1) is 20.3. The molecule has 0 aliphatic carbocycles. The molecule has 2 N–H and O–H groups in total. The molecule has 1 atom stereocenters. The van der Waals surface area contributed by atoms with Gasteiger partial charge in [-0.25, -0.2) is 0 Å². The Hall–Kier alpha value is -3.02. The topological polar surface area (TPSA) is 76.7 Å². The third kappa shape index (κ3) is 5.48. The number of nitrogens with one attached hydrogen (secondary N) is 2. The predicted molar refractivity (Wildman–Crippen MR) is 105 cm³/mol. The highest BCUT2D eigenvalue weighted by Crippen LogP contribution is 2.33. The minimum atomic E-state index is -0.408. The minimum absolute atomic E-state index is 0.0419. The predicted octanol–water partition coefficient (Wildman–Crippen LogP) is 3.20. The van der Waals surface area contributed by atoms with Gasteiger partial charge in [0.1, 0.15) is 0 Å². The Kier molecular flexibility index (Phi) is 7.23. The maximum Gasteiger partial charge on any atom is 0.243 e. The number of anilines is 1. The van der Waals surface area contributed by atoms with Crippen LogP contribution in [0.5, 0.6) is 11.5 Å². The van der Waals surface area contributed by atoms with Gasteiger partial charge in [-0.05, 0) is 35.7 Å². The van der Waals surface area contributed by atoms with Crippen LogP contribution in [0.4, 0.5) is 5.69 Å². The highest BCUT2D eigenvalue weighted by atomic mass is 16.5. The number of carbonyl (C=O) groups excluding carboxylic acids is 2. The second-order valence-corrected chi connectivity index (χ2v) is 6.47. The molecule has 0 aliphatic rings. The Labute approximate surface area is 159 Å². The molecular weight excluding hydrogens is 344 g/mol. The lowest BCUT2D eigenvalue weighted by molar-refractivity contribution is -0.126. The molecule has 2 rings (SSSR count).